The van der Waals surface area contributed by atoms with E-state index in [1.54, 1.807) is 6.07 Å². The second-order valence-corrected chi connectivity index (χ2v) is 7.65. The maximum Gasteiger partial charge on any atom is 0.341 e. The van der Waals surface area contributed by atoms with Gasteiger partial charge in [-0.25, -0.2) is 13.6 Å². The van der Waals surface area contributed by atoms with Crippen molar-refractivity contribution in [1.82, 2.24) is 9.88 Å². The Morgan fingerprint density at radius 1 is 1.27 bits per heavy atom. The Morgan fingerprint density at radius 2 is 2.00 bits per heavy atom. The number of alkyl halides is 1. The van der Waals surface area contributed by atoms with E-state index in [1.165, 1.54) is 11.7 Å². The van der Waals surface area contributed by atoms with Crippen LogP contribution in [-0.2, 0) is 13.1 Å². The molecule has 6 nitrogen and oxygen atoms in total. The number of rotatable bonds is 4. The van der Waals surface area contributed by atoms with Gasteiger partial charge in [-0.3, -0.25) is 4.79 Å². The number of carboxylic acid groups (broad SMARTS) is 1. The second-order valence-electron chi connectivity index (χ2n) is 7.65. The summed E-state index contributed by atoms with van der Waals surface area (Å²) in [5.41, 5.74) is 1.74. The highest BCUT2D eigenvalue weighted by Crippen LogP contribution is 2.45. The van der Waals surface area contributed by atoms with Crippen LogP contribution in [0, 0.1) is 5.82 Å². The molecule has 1 aliphatic heterocycles. The maximum atomic E-state index is 15.3. The van der Waals surface area contributed by atoms with E-state index in [1.807, 2.05) is 12.1 Å². The molecular weight excluding hydrogens is 394 g/mol. The fraction of sp³-hybridized carbons (Fsp3) is 0.273. The van der Waals surface area contributed by atoms with Gasteiger partial charge in [0.2, 0.25) is 5.43 Å². The first-order valence-corrected chi connectivity index (χ1v) is 9.56. The number of fused-ring (bicyclic) bond motifs is 2. The summed E-state index contributed by atoms with van der Waals surface area (Å²) in [7, 11) is 1.35. The Kier molecular flexibility index (Phi) is 4.14. The van der Waals surface area contributed by atoms with Gasteiger partial charge >= 0.3 is 5.97 Å². The molecule has 1 fully saturated rings. The molecule has 154 valence electrons. The van der Waals surface area contributed by atoms with Gasteiger partial charge in [0.15, 0.2) is 5.75 Å². The zero-order chi connectivity index (χ0) is 21.2. The highest BCUT2D eigenvalue weighted by Gasteiger charge is 2.41. The van der Waals surface area contributed by atoms with Crippen LogP contribution in [0.25, 0.3) is 22.0 Å². The number of hydrogen-bond acceptors (Lipinski definition) is 4. The van der Waals surface area contributed by atoms with Crippen molar-refractivity contribution in [3.63, 3.8) is 0 Å². The van der Waals surface area contributed by atoms with Crippen LogP contribution in [0.4, 0.5) is 8.78 Å². The minimum atomic E-state index is -1.44. The molecule has 2 N–H and O–H groups in total. The highest BCUT2D eigenvalue weighted by molar-refractivity contribution is 5.98. The molecule has 1 saturated carbocycles. The fourth-order valence-electron chi connectivity index (χ4n) is 4.23. The summed E-state index contributed by atoms with van der Waals surface area (Å²) in [6, 6.07) is 5.96. The lowest BCUT2D eigenvalue weighted by atomic mass is 9.97. The number of nitrogens with one attached hydrogen (secondary N) is 1. The fourth-order valence-corrected chi connectivity index (χ4v) is 4.23. The van der Waals surface area contributed by atoms with Gasteiger partial charge in [0.25, 0.3) is 0 Å². The third kappa shape index (κ3) is 2.71. The van der Waals surface area contributed by atoms with Crippen LogP contribution in [0.1, 0.15) is 33.9 Å². The Bertz CT molecular complexity index is 1280. The molecule has 2 atom stereocenters. The van der Waals surface area contributed by atoms with Crippen molar-refractivity contribution in [3.8, 4) is 16.9 Å². The highest BCUT2D eigenvalue weighted by atomic mass is 19.1. The van der Waals surface area contributed by atoms with E-state index in [2.05, 4.69) is 5.32 Å². The first kappa shape index (κ1) is 18.7. The standard InChI is InChI=1S/C22H18F2N2O4/c1-30-21-18(10-2-3-11-7-25-8-12(11)4-10)16(24)5-13-19(21)26(17-6-15(17)23)9-14(20(13)27)22(28)29/h2-5,9,15,17,25H,6-8H2,1H3,(H,28,29). The van der Waals surface area contributed by atoms with Gasteiger partial charge in [0.1, 0.15) is 17.6 Å². The van der Waals surface area contributed by atoms with Crippen LogP contribution in [0.3, 0.4) is 0 Å². The summed E-state index contributed by atoms with van der Waals surface area (Å²) in [5, 5.41) is 12.5. The summed E-state index contributed by atoms with van der Waals surface area (Å²) in [5.74, 6) is -2.06. The normalized spacial score (nSPS) is 19.7. The number of halogens is 2. The number of carbonyl (C=O) groups is 1. The van der Waals surface area contributed by atoms with Gasteiger partial charge in [0.05, 0.1) is 29.6 Å². The van der Waals surface area contributed by atoms with Crippen molar-refractivity contribution >= 4 is 16.9 Å². The molecule has 5 rings (SSSR count). The van der Waals surface area contributed by atoms with Gasteiger partial charge in [-0.15, -0.1) is 0 Å². The number of methoxy groups -OCH3 is 1. The largest absolute Gasteiger partial charge is 0.494 e. The molecule has 3 aromatic rings. The van der Waals surface area contributed by atoms with Crippen molar-refractivity contribution in [2.75, 3.05) is 7.11 Å². The first-order valence-electron chi connectivity index (χ1n) is 9.56. The van der Waals surface area contributed by atoms with Gasteiger partial charge in [-0.05, 0) is 28.8 Å². The Labute approximate surface area is 169 Å². The summed E-state index contributed by atoms with van der Waals surface area (Å²) in [6.45, 7) is 1.41. The molecule has 1 aromatic heterocycles. The third-order valence-electron chi connectivity index (χ3n) is 5.82. The predicted molar refractivity (Wildman–Crippen MR) is 106 cm³/mol. The molecule has 2 heterocycles. The lowest BCUT2D eigenvalue weighted by Gasteiger charge is -2.18. The van der Waals surface area contributed by atoms with Crippen molar-refractivity contribution < 1.29 is 23.4 Å². The Balaban J connectivity index is 1.86. The van der Waals surface area contributed by atoms with Crippen LogP contribution in [0.15, 0.2) is 35.3 Å². The van der Waals surface area contributed by atoms with E-state index in [4.69, 9.17) is 4.74 Å². The molecule has 30 heavy (non-hydrogen) atoms. The quantitative estimate of drug-likeness (QED) is 0.687. The molecule has 0 amide bonds. The van der Waals surface area contributed by atoms with Crippen LogP contribution in [-0.4, -0.2) is 28.9 Å². The van der Waals surface area contributed by atoms with Crippen molar-refractivity contribution in [1.29, 1.82) is 0 Å². The molecule has 2 aliphatic rings. The van der Waals surface area contributed by atoms with E-state index in [9.17, 15) is 19.1 Å². The zero-order valence-electron chi connectivity index (χ0n) is 16.0. The number of pyridine rings is 1. The lowest BCUT2D eigenvalue weighted by molar-refractivity contribution is 0.0694. The topological polar surface area (TPSA) is 80.6 Å². The number of aromatic carboxylic acids is 1. The minimum absolute atomic E-state index is 0.0871. The summed E-state index contributed by atoms with van der Waals surface area (Å²) in [6.07, 6.45) is 0.160. The number of nitrogens with zero attached hydrogens (tertiary/aromatic N) is 1. The second kappa shape index (κ2) is 6.63. The number of ether oxygens (including phenoxy) is 1. The predicted octanol–water partition coefficient (Wildman–Crippen LogP) is 3.40. The van der Waals surface area contributed by atoms with E-state index in [0.717, 1.165) is 29.9 Å². The van der Waals surface area contributed by atoms with Crippen LogP contribution in [0.2, 0.25) is 0 Å². The number of hydrogen-bond donors (Lipinski definition) is 2. The number of benzene rings is 2. The van der Waals surface area contributed by atoms with Gasteiger partial charge in [0, 0.05) is 25.7 Å². The molecule has 0 radical (unpaired) electrons. The summed E-state index contributed by atoms with van der Waals surface area (Å²) >= 11 is 0. The van der Waals surface area contributed by atoms with E-state index in [0.29, 0.717) is 12.1 Å². The SMILES string of the molecule is COc1c(-c2ccc3c(c2)CNC3)c(F)cc2c(=O)c(C(=O)O)cn(C3CC3F)c12. The molecule has 1 aliphatic carbocycles. The monoisotopic (exact) mass is 412 g/mol. The molecule has 0 spiro atoms. The van der Waals surface area contributed by atoms with Crippen molar-refractivity contribution in [2.45, 2.75) is 31.7 Å². The third-order valence-corrected chi connectivity index (χ3v) is 5.82. The van der Waals surface area contributed by atoms with Gasteiger partial charge in [-0.1, -0.05) is 12.1 Å². The average Bonchev–Trinajstić information content (AvgIpc) is 3.25. The molecule has 2 aromatic carbocycles. The van der Waals surface area contributed by atoms with Gasteiger partial charge in [-0.2, -0.15) is 0 Å². The van der Waals surface area contributed by atoms with Crippen molar-refractivity contribution in [2.24, 2.45) is 0 Å². The molecule has 8 heteroatoms. The van der Waals surface area contributed by atoms with Crippen LogP contribution < -0.4 is 15.5 Å². The number of aromatic nitrogens is 1. The molecule has 0 bridgehead atoms. The maximum absolute atomic E-state index is 15.3. The molecule has 0 saturated heterocycles. The smallest absolute Gasteiger partial charge is 0.341 e. The summed E-state index contributed by atoms with van der Waals surface area (Å²) < 4.78 is 36.2. The lowest BCUT2D eigenvalue weighted by Crippen LogP contribution is -2.20. The molecule has 2 unspecified atom stereocenters. The van der Waals surface area contributed by atoms with Crippen LogP contribution >= 0.6 is 0 Å². The number of carboxylic acids is 1. The van der Waals surface area contributed by atoms with E-state index < -0.39 is 35.0 Å². The first-order chi connectivity index (χ1) is 14.4. The Morgan fingerprint density at radius 3 is 2.67 bits per heavy atom. The average molecular weight is 412 g/mol. The molecular formula is C22H18F2N2O4. The summed E-state index contributed by atoms with van der Waals surface area (Å²) in [4.78, 5) is 24.3. The van der Waals surface area contributed by atoms with Gasteiger partial charge < -0.3 is 19.7 Å². The van der Waals surface area contributed by atoms with Crippen LogP contribution in [0.5, 0.6) is 5.75 Å². The minimum Gasteiger partial charge on any atom is -0.494 e. The zero-order valence-corrected chi connectivity index (χ0v) is 16.0. The van der Waals surface area contributed by atoms with E-state index in [-0.39, 0.29) is 28.6 Å². The van der Waals surface area contributed by atoms with Crippen molar-refractivity contribution in [3.05, 3.63) is 63.2 Å². The van der Waals surface area contributed by atoms with E-state index >= 15 is 4.39 Å². The Hall–Kier alpha value is -3.26.